The van der Waals surface area contributed by atoms with Gasteiger partial charge in [-0.1, -0.05) is 37.8 Å². The molecule has 0 radical (unpaired) electrons. The van der Waals surface area contributed by atoms with Crippen molar-refractivity contribution in [1.82, 2.24) is 0 Å². The van der Waals surface area contributed by atoms with Crippen LogP contribution in [0.1, 0.15) is 51.4 Å². The van der Waals surface area contributed by atoms with Gasteiger partial charge >= 0.3 is 0 Å². The summed E-state index contributed by atoms with van der Waals surface area (Å²) in [5.74, 6) is 1.96. The molecule has 0 saturated carbocycles. The topological polar surface area (TPSA) is 9.23 Å². The Morgan fingerprint density at radius 2 is 1.87 bits per heavy atom. The smallest absolute Gasteiger partial charge is 0.0991 e. The van der Waals surface area contributed by atoms with Gasteiger partial charge in [0.05, 0.1) is 12.4 Å². The molecule has 1 aliphatic heterocycles. The molecule has 0 aromatic heterocycles. The van der Waals surface area contributed by atoms with E-state index in [9.17, 15) is 0 Å². The highest BCUT2D eigenvalue weighted by atomic mass is 16.5. The fraction of sp³-hybridized carbons (Fsp3) is 0.714. The van der Waals surface area contributed by atoms with E-state index in [-0.39, 0.29) is 0 Å². The van der Waals surface area contributed by atoms with E-state index in [1.165, 1.54) is 57.1 Å². The van der Waals surface area contributed by atoms with Crippen molar-refractivity contribution in [2.75, 3.05) is 6.61 Å². The summed E-state index contributed by atoms with van der Waals surface area (Å²) < 4.78 is 5.67. The van der Waals surface area contributed by atoms with E-state index in [4.69, 9.17) is 4.74 Å². The molecule has 1 heteroatoms. The fourth-order valence-electron chi connectivity index (χ4n) is 2.49. The summed E-state index contributed by atoms with van der Waals surface area (Å²) in [5, 5.41) is 0. The Hall–Kier alpha value is -0.720. The number of ether oxygens (including phenoxy) is 1. The number of allylic oxidation sites excluding steroid dienone is 4. The highest BCUT2D eigenvalue weighted by molar-refractivity contribution is 5.12. The molecule has 0 bridgehead atoms. The average Bonchev–Trinajstić information content (AvgIpc) is 2.65. The maximum Gasteiger partial charge on any atom is 0.0991 e. The van der Waals surface area contributed by atoms with Crippen molar-refractivity contribution in [3.05, 3.63) is 24.0 Å². The van der Waals surface area contributed by atoms with Gasteiger partial charge in [0, 0.05) is 5.92 Å². The van der Waals surface area contributed by atoms with Crippen molar-refractivity contribution in [2.24, 2.45) is 5.92 Å². The van der Waals surface area contributed by atoms with Crippen LogP contribution in [0.3, 0.4) is 0 Å². The molecule has 2 aliphatic rings. The van der Waals surface area contributed by atoms with E-state index in [0.717, 1.165) is 6.61 Å². The zero-order valence-electron chi connectivity index (χ0n) is 9.58. The summed E-state index contributed by atoms with van der Waals surface area (Å²) in [6.45, 7) is 0.935. The Morgan fingerprint density at radius 1 is 1.00 bits per heavy atom. The maximum absolute atomic E-state index is 5.67. The molecule has 0 spiro atoms. The van der Waals surface area contributed by atoms with Gasteiger partial charge in [0.2, 0.25) is 0 Å². The molecule has 0 aromatic carbocycles. The second-order valence-corrected chi connectivity index (χ2v) is 4.68. The number of hydrogen-bond acceptors (Lipinski definition) is 1. The average molecular weight is 206 g/mol. The quantitative estimate of drug-likeness (QED) is 0.577. The maximum atomic E-state index is 5.67. The van der Waals surface area contributed by atoms with Gasteiger partial charge in [-0.3, -0.25) is 0 Å². The largest absolute Gasteiger partial charge is 0.498 e. The van der Waals surface area contributed by atoms with Crippen molar-refractivity contribution < 1.29 is 4.74 Å². The number of fused-ring (bicyclic) bond motifs is 1. The Labute approximate surface area is 93.2 Å². The van der Waals surface area contributed by atoms with Crippen molar-refractivity contribution in [3.8, 4) is 0 Å². The van der Waals surface area contributed by atoms with Gasteiger partial charge in [0.1, 0.15) is 0 Å². The summed E-state index contributed by atoms with van der Waals surface area (Å²) in [6, 6.07) is 0. The monoisotopic (exact) mass is 206 g/mol. The predicted molar refractivity (Wildman–Crippen MR) is 63.6 cm³/mol. The Bertz CT molecular complexity index is 240. The third-order valence-corrected chi connectivity index (χ3v) is 3.46. The van der Waals surface area contributed by atoms with Gasteiger partial charge in [-0.05, 0) is 31.8 Å². The standard InChI is InChI=1S/C14H22O/c1-2-4-6-8-10-14-13(11-12-15-14)9-7-5-3-1/h6,8,10,13H,1-5,7,9,11-12H2. The van der Waals surface area contributed by atoms with E-state index in [1.54, 1.807) is 0 Å². The predicted octanol–water partition coefficient (Wildman–Crippen LogP) is 4.21. The molecule has 1 nitrogen and oxygen atoms in total. The van der Waals surface area contributed by atoms with Crippen LogP contribution in [-0.2, 0) is 4.74 Å². The highest BCUT2D eigenvalue weighted by Gasteiger charge is 2.21. The molecular formula is C14H22O. The van der Waals surface area contributed by atoms with E-state index >= 15 is 0 Å². The first-order valence-corrected chi connectivity index (χ1v) is 6.46. The number of hydrogen-bond donors (Lipinski definition) is 0. The van der Waals surface area contributed by atoms with Gasteiger partial charge in [-0.15, -0.1) is 0 Å². The van der Waals surface area contributed by atoms with Gasteiger partial charge in [0.25, 0.3) is 0 Å². The van der Waals surface area contributed by atoms with E-state index < -0.39 is 0 Å². The van der Waals surface area contributed by atoms with Gasteiger partial charge < -0.3 is 4.74 Å². The van der Waals surface area contributed by atoms with Gasteiger partial charge in [0.15, 0.2) is 0 Å². The molecule has 1 fully saturated rings. The summed E-state index contributed by atoms with van der Waals surface area (Å²) in [7, 11) is 0. The lowest BCUT2D eigenvalue weighted by atomic mass is 9.96. The molecule has 1 heterocycles. The highest BCUT2D eigenvalue weighted by Crippen LogP contribution is 2.29. The fourth-order valence-corrected chi connectivity index (χ4v) is 2.49. The van der Waals surface area contributed by atoms with Crippen molar-refractivity contribution in [3.63, 3.8) is 0 Å². The van der Waals surface area contributed by atoms with E-state index in [0.29, 0.717) is 5.92 Å². The molecule has 2 rings (SSSR count). The molecular weight excluding hydrogens is 184 g/mol. The Kier molecular flexibility index (Phi) is 4.31. The van der Waals surface area contributed by atoms with Gasteiger partial charge in [-0.2, -0.15) is 0 Å². The first-order valence-electron chi connectivity index (χ1n) is 6.46. The van der Waals surface area contributed by atoms with Crippen molar-refractivity contribution in [1.29, 1.82) is 0 Å². The van der Waals surface area contributed by atoms with Crippen molar-refractivity contribution in [2.45, 2.75) is 51.4 Å². The summed E-state index contributed by atoms with van der Waals surface area (Å²) in [5.41, 5.74) is 0. The third-order valence-electron chi connectivity index (χ3n) is 3.46. The van der Waals surface area contributed by atoms with Crippen LogP contribution in [0.25, 0.3) is 0 Å². The molecule has 1 saturated heterocycles. The normalized spacial score (nSPS) is 28.3. The van der Waals surface area contributed by atoms with Gasteiger partial charge in [-0.25, -0.2) is 0 Å². The molecule has 0 N–H and O–H groups in total. The van der Waals surface area contributed by atoms with E-state index in [1.807, 2.05) is 0 Å². The molecule has 1 unspecified atom stereocenters. The Morgan fingerprint density at radius 3 is 2.87 bits per heavy atom. The number of rotatable bonds is 0. The van der Waals surface area contributed by atoms with E-state index in [2.05, 4.69) is 18.2 Å². The minimum atomic E-state index is 0.717. The second-order valence-electron chi connectivity index (χ2n) is 4.68. The lowest BCUT2D eigenvalue weighted by molar-refractivity contribution is 0.257. The van der Waals surface area contributed by atoms with Crippen LogP contribution >= 0.6 is 0 Å². The van der Waals surface area contributed by atoms with Crippen LogP contribution < -0.4 is 0 Å². The lowest BCUT2D eigenvalue weighted by Gasteiger charge is -2.10. The van der Waals surface area contributed by atoms with Crippen LogP contribution in [0.2, 0.25) is 0 Å². The third kappa shape index (κ3) is 3.40. The lowest BCUT2D eigenvalue weighted by Crippen LogP contribution is -1.97. The van der Waals surface area contributed by atoms with Crippen LogP contribution in [0, 0.1) is 5.92 Å². The minimum Gasteiger partial charge on any atom is -0.498 e. The summed E-state index contributed by atoms with van der Waals surface area (Å²) in [4.78, 5) is 0. The van der Waals surface area contributed by atoms with Crippen LogP contribution in [0.4, 0.5) is 0 Å². The minimum absolute atomic E-state index is 0.717. The first kappa shape index (κ1) is 10.8. The zero-order chi connectivity index (χ0) is 10.3. The SMILES string of the molecule is C1=CCCCCCCCC2CCOC2=C1. The molecule has 0 aromatic rings. The molecule has 15 heavy (non-hydrogen) atoms. The van der Waals surface area contributed by atoms with Crippen molar-refractivity contribution >= 4 is 0 Å². The summed E-state index contributed by atoms with van der Waals surface area (Å²) >= 11 is 0. The van der Waals surface area contributed by atoms with Crippen LogP contribution in [0.15, 0.2) is 24.0 Å². The zero-order valence-corrected chi connectivity index (χ0v) is 9.58. The van der Waals surface area contributed by atoms with Crippen LogP contribution in [0.5, 0.6) is 0 Å². The molecule has 84 valence electrons. The summed E-state index contributed by atoms with van der Waals surface area (Å²) in [6.07, 6.45) is 17.4. The molecule has 1 atom stereocenters. The Balaban J connectivity index is 1.95. The first-order chi connectivity index (χ1) is 7.47. The molecule has 0 amide bonds. The molecule has 1 aliphatic carbocycles. The second kappa shape index (κ2) is 5.99. The van der Waals surface area contributed by atoms with Crippen LogP contribution in [-0.4, -0.2) is 6.61 Å².